The van der Waals surface area contributed by atoms with Crippen LogP contribution in [0.25, 0.3) is 10.8 Å². The Bertz CT molecular complexity index is 1240. The van der Waals surface area contributed by atoms with Crippen molar-refractivity contribution in [3.05, 3.63) is 76.9 Å². The van der Waals surface area contributed by atoms with Crippen LogP contribution in [0.3, 0.4) is 0 Å². The summed E-state index contributed by atoms with van der Waals surface area (Å²) in [7, 11) is -2.61. The Kier molecular flexibility index (Phi) is 8.22. The van der Waals surface area contributed by atoms with Crippen LogP contribution in [-0.4, -0.2) is 27.4 Å². The minimum atomic E-state index is -2.61. The van der Waals surface area contributed by atoms with Crippen LogP contribution in [0, 0.1) is 18.6 Å². The summed E-state index contributed by atoms with van der Waals surface area (Å²) >= 11 is 0. The molecule has 6 nitrogen and oxygen atoms in total. The average molecular weight is 466 g/mol. The fourth-order valence-corrected chi connectivity index (χ4v) is 4.12. The topological polar surface area (TPSA) is 90.3 Å². The lowest BCUT2D eigenvalue weighted by Gasteiger charge is -2.29. The first-order valence-corrected chi connectivity index (χ1v) is 12.3. The van der Waals surface area contributed by atoms with E-state index in [-0.39, 0.29) is 11.9 Å². The number of benzene rings is 3. The summed E-state index contributed by atoms with van der Waals surface area (Å²) in [6.07, 6.45) is 3.88. The summed E-state index contributed by atoms with van der Waals surface area (Å²) in [4.78, 5) is 15.3. The summed E-state index contributed by atoms with van der Waals surface area (Å²) in [5.74, 6) is -0.0299. The number of hydrogen-bond acceptors (Lipinski definition) is 5. The third-order valence-electron chi connectivity index (χ3n) is 6.19. The standard InChI is InChI=1S/C26H30N2O.HNO2S/c1-18-7-8-21(15-19(18)2)20(3)27-26(29)24-10-9-23-17-25(12-11-22(23)16-24)28-13-5-4-6-14-28;1-4(2)3/h7-12,15-17,20H,4-6,13-14H2,1-3H3,(H,27,29);1H/t20-;/m1./s1. The molecule has 1 aliphatic heterocycles. The van der Waals surface area contributed by atoms with Crippen LogP contribution in [-0.2, 0) is 10.5 Å². The van der Waals surface area contributed by atoms with Crippen molar-refractivity contribution in [1.29, 1.82) is 4.78 Å². The Labute approximate surface area is 197 Å². The molecule has 1 amide bonds. The maximum Gasteiger partial charge on any atom is 0.308 e. The van der Waals surface area contributed by atoms with Gasteiger partial charge in [-0.25, -0.2) is 0 Å². The Balaban J connectivity index is 0.000000709. The molecule has 1 heterocycles. The van der Waals surface area contributed by atoms with Gasteiger partial charge in [0.1, 0.15) is 0 Å². The summed E-state index contributed by atoms with van der Waals surface area (Å²) < 4.78 is 22.8. The molecule has 1 aliphatic rings. The second kappa shape index (κ2) is 11.1. The van der Waals surface area contributed by atoms with Crippen LogP contribution in [0.2, 0.25) is 0 Å². The number of aryl methyl sites for hydroxylation is 2. The number of nitrogens with zero attached hydrogens (tertiary/aromatic N) is 1. The second-order valence-electron chi connectivity index (χ2n) is 8.57. The van der Waals surface area contributed by atoms with E-state index in [2.05, 4.69) is 66.5 Å². The third-order valence-corrected chi connectivity index (χ3v) is 6.19. The highest BCUT2D eigenvalue weighted by Gasteiger charge is 2.14. The quantitative estimate of drug-likeness (QED) is 0.527. The molecule has 3 aromatic rings. The van der Waals surface area contributed by atoms with E-state index >= 15 is 0 Å². The average Bonchev–Trinajstić information content (AvgIpc) is 2.80. The van der Waals surface area contributed by atoms with E-state index < -0.39 is 10.5 Å². The van der Waals surface area contributed by atoms with Gasteiger partial charge in [0.2, 0.25) is 0 Å². The number of hydrogen-bond donors (Lipinski definition) is 2. The van der Waals surface area contributed by atoms with Crippen molar-refractivity contribution < 1.29 is 13.2 Å². The largest absolute Gasteiger partial charge is 0.372 e. The molecule has 1 saturated heterocycles. The number of rotatable bonds is 4. The van der Waals surface area contributed by atoms with Crippen molar-refractivity contribution in [2.24, 2.45) is 0 Å². The first-order valence-electron chi connectivity index (χ1n) is 11.2. The zero-order valence-corrected chi connectivity index (χ0v) is 20.2. The van der Waals surface area contributed by atoms with Crippen molar-refractivity contribution in [2.45, 2.75) is 46.1 Å². The van der Waals surface area contributed by atoms with E-state index in [0.717, 1.165) is 24.0 Å². The zero-order chi connectivity index (χ0) is 24.0. The lowest BCUT2D eigenvalue weighted by molar-refractivity contribution is 0.0940. The molecule has 0 saturated carbocycles. The molecule has 0 aliphatic carbocycles. The van der Waals surface area contributed by atoms with Crippen LogP contribution in [0.1, 0.15) is 59.3 Å². The first kappa shape index (κ1) is 24.5. The van der Waals surface area contributed by atoms with Gasteiger partial charge in [0.05, 0.1) is 6.04 Å². The van der Waals surface area contributed by atoms with E-state index in [4.69, 9.17) is 13.2 Å². The first-order chi connectivity index (χ1) is 15.7. The fourth-order valence-electron chi connectivity index (χ4n) is 4.12. The molecule has 2 N–H and O–H groups in total. The normalized spacial score (nSPS) is 14.2. The van der Waals surface area contributed by atoms with Crippen LogP contribution in [0.4, 0.5) is 5.69 Å². The number of carbonyl (C=O) groups is 1. The lowest BCUT2D eigenvalue weighted by atomic mass is 10.0. The maximum atomic E-state index is 12.8. The van der Waals surface area contributed by atoms with E-state index in [1.807, 2.05) is 19.1 Å². The fraction of sp³-hybridized carbons (Fsp3) is 0.346. The second-order valence-corrected chi connectivity index (χ2v) is 9.04. The van der Waals surface area contributed by atoms with Crippen molar-refractivity contribution in [3.8, 4) is 0 Å². The predicted molar refractivity (Wildman–Crippen MR) is 133 cm³/mol. The van der Waals surface area contributed by atoms with Gasteiger partial charge in [0.15, 0.2) is 0 Å². The highest BCUT2D eigenvalue weighted by atomic mass is 32.2. The minimum absolute atomic E-state index is 0.0287. The number of nitrogens with one attached hydrogen (secondary N) is 2. The van der Waals surface area contributed by atoms with E-state index in [0.29, 0.717) is 5.56 Å². The van der Waals surface area contributed by atoms with Gasteiger partial charge in [-0.3, -0.25) is 4.79 Å². The van der Waals surface area contributed by atoms with Crippen molar-refractivity contribution in [3.63, 3.8) is 0 Å². The Morgan fingerprint density at radius 3 is 2.21 bits per heavy atom. The van der Waals surface area contributed by atoms with Gasteiger partial charge in [-0.15, -0.1) is 0 Å². The zero-order valence-electron chi connectivity index (χ0n) is 19.4. The summed E-state index contributed by atoms with van der Waals surface area (Å²) in [5, 5.41) is 5.44. The third kappa shape index (κ3) is 6.65. The summed E-state index contributed by atoms with van der Waals surface area (Å²) in [6, 6.07) is 18.9. The molecule has 0 spiro atoms. The molecule has 174 valence electrons. The SMILES string of the molecule is Cc1ccc([C@@H](C)NC(=O)c2ccc3cc(N4CCCCC4)ccc3c2)cc1C.N=S(=O)=O. The lowest BCUT2D eigenvalue weighted by Crippen LogP contribution is -2.29. The molecule has 0 radical (unpaired) electrons. The molecule has 0 unspecified atom stereocenters. The molecular formula is C26H31N3O3S. The highest BCUT2D eigenvalue weighted by Crippen LogP contribution is 2.26. The van der Waals surface area contributed by atoms with Crippen LogP contribution in [0.15, 0.2) is 54.6 Å². The molecule has 1 fully saturated rings. The van der Waals surface area contributed by atoms with Gasteiger partial charge in [-0.2, -0.15) is 13.2 Å². The van der Waals surface area contributed by atoms with Crippen LogP contribution < -0.4 is 10.2 Å². The molecule has 33 heavy (non-hydrogen) atoms. The van der Waals surface area contributed by atoms with E-state index in [1.165, 1.54) is 41.5 Å². The number of carbonyl (C=O) groups excluding carboxylic acids is 1. The smallest absolute Gasteiger partial charge is 0.308 e. The maximum absolute atomic E-state index is 12.8. The minimum Gasteiger partial charge on any atom is -0.372 e. The molecule has 7 heteroatoms. The monoisotopic (exact) mass is 465 g/mol. The summed E-state index contributed by atoms with van der Waals surface area (Å²) in [6.45, 7) is 8.53. The van der Waals surface area contributed by atoms with Gasteiger partial charge in [-0.1, -0.05) is 30.3 Å². The van der Waals surface area contributed by atoms with Gasteiger partial charge in [0, 0.05) is 24.3 Å². The molecule has 4 rings (SSSR count). The Morgan fingerprint density at radius 1 is 0.909 bits per heavy atom. The van der Waals surface area contributed by atoms with Gasteiger partial charge in [0.25, 0.3) is 5.91 Å². The number of anilines is 1. The molecule has 1 atom stereocenters. The van der Waals surface area contributed by atoms with Crippen LogP contribution in [0.5, 0.6) is 0 Å². The number of fused-ring (bicyclic) bond motifs is 1. The van der Waals surface area contributed by atoms with Crippen molar-refractivity contribution >= 4 is 32.9 Å². The summed E-state index contributed by atoms with van der Waals surface area (Å²) in [5.41, 5.74) is 5.65. The van der Waals surface area contributed by atoms with Gasteiger partial charge >= 0.3 is 10.5 Å². The van der Waals surface area contributed by atoms with E-state index in [9.17, 15) is 4.79 Å². The van der Waals surface area contributed by atoms with Gasteiger partial charge in [-0.05, 0) is 91.8 Å². The Morgan fingerprint density at radius 2 is 1.55 bits per heavy atom. The molecule has 0 aromatic heterocycles. The van der Waals surface area contributed by atoms with Crippen LogP contribution >= 0.6 is 0 Å². The molecule has 0 bridgehead atoms. The predicted octanol–water partition coefficient (Wildman–Crippen LogP) is 5.57. The van der Waals surface area contributed by atoms with Crippen molar-refractivity contribution in [2.75, 3.05) is 18.0 Å². The molecular weight excluding hydrogens is 434 g/mol. The van der Waals surface area contributed by atoms with Crippen molar-refractivity contribution in [1.82, 2.24) is 5.32 Å². The van der Waals surface area contributed by atoms with Gasteiger partial charge < -0.3 is 10.2 Å². The van der Waals surface area contributed by atoms with E-state index in [1.54, 1.807) is 0 Å². The molecule has 3 aromatic carbocycles. The highest BCUT2D eigenvalue weighted by molar-refractivity contribution is 7.60. The number of amides is 1. The Hall–Kier alpha value is -3.19. The number of piperidine rings is 1.